The van der Waals surface area contributed by atoms with Crippen LogP contribution < -0.4 is 17.0 Å². The maximum Gasteiger partial charge on any atom is 0.332 e. The second-order valence-corrected chi connectivity index (χ2v) is 8.28. The van der Waals surface area contributed by atoms with E-state index in [1.165, 1.54) is 11.6 Å². The minimum atomic E-state index is -0.724. The smallest absolute Gasteiger partial charge is 0.332 e. The van der Waals surface area contributed by atoms with Gasteiger partial charge in [-0.15, -0.1) is 5.10 Å². The van der Waals surface area contributed by atoms with Gasteiger partial charge in [-0.2, -0.15) is 4.98 Å². The summed E-state index contributed by atoms with van der Waals surface area (Å²) < 4.78 is 3.72. The lowest BCUT2D eigenvalue weighted by molar-refractivity contribution is 0.102. The molecule has 3 aromatic heterocycles. The molecule has 32 heavy (non-hydrogen) atoms. The molecule has 3 heterocycles. The van der Waals surface area contributed by atoms with Gasteiger partial charge in [0.2, 0.25) is 5.16 Å². The summed E-state index contributed by atoms with van der Waals surface area (Å²) in [7, 11) is 1.33. The van der Waals surface area contributed by atoms with Crippen molar-refractivity contribution in [2.75, 3.05) is 11.5 Å². The maximum atomic E-state index is 13.0. The Hall–Kier alpha value is -3.73. The molecule has 4 rings (SSSR count). The highest BCUT2D eigenvalue weighted by Crippen LogP contribution is 2.18. The molecule has 11 heteroatoms. The van der Waals surface area contributed by atoms with Crippen LogP contribution in [0.4, 0.5) is 5.82 Å². The molecule has 0 unspecified atom stereocenters. The number of aromatic nitrogens is 6. The van der Waals surface area contributed by atoms with Crippen LogP contribution in [0.2, 0.25) is 0 Å². The zero-order chi connectivity index (χ0) is 23.0. The van der Waals surface area contributed by atoms with Gasteiger partial charge in [-0.1, -0.05) is 42.1 Å². The topological polar surface area (TPSA) is 130 Å². The number of carbonyl (C=O) groups is 1. The van der Waals surface area contributed by atoms with E-state index in [1.54, 1.807) is 4.52 Å². The van der Waals surface area contributed by atoms with E-state index in [2.05, 4.69) is 15.1 Å². The summed E-state index contributed by atoms with van der Waals surface area (Å²) in [4.78, 5) is 46.9. The summed E-state index contributed by atoms with van der Waals surface area (Å²) in [5.74, 6) is -0.333. The molecule has 0 aliphatic heterocycles. The SMILES string of the molecule is Cc1cc(C)n2nc(SCC(=O)c3c(N)n(Cc4ccccc4)c(=O)n(C)c3=O)nc2n1. The van der Waals surface area contributed by atoms with Gasteiger partial charge >= 0.3 is 5.69 Å². The molecule has 0 amide bonds. The van der Waals surface area contributed by atoms with Gasteiger partial charge in [0.1, 0.15) is 11.4 Å². The van der Waals surface area contributed by atoms with Gasteiger partial charge in [0.25, 0.3) is 11.3 Å². The zero-order valence-electron chi connectivity index (χ0n) is 17.8. The number of aryl methyl sites for hydroxylation is 2. The number of Topliss-reactive ketones (excluding diaryl/α,β-unsaturated/α-hetero) is 1. The second-order valence-electron chi connectivity index (χ2n) is 7.34. The number of anilines is 1. The summed E-state index contributed by atoms with van der Waals surface area (Å²) in [6, 6.07) is 11.1. The van der Waals surface area contributed by atoms with Crippen LogP contribution in [-0.2, 0) is 13.6 Å². The summed E-state index contributed by atoms with van der Waals surface area (Å²) in [6.07, 6.45) is 0. The van der Waals surface area contributed by atoms with E-state index in [0.717, 1.165) is 33.3 Å². The van der Waals surface area contributed by atoms with Crippen LogP contribution in [-0.4, -0.2) is 40.3 Å². The second kappa shape index (κ2) is 8.42. The van der Waals surface area contributed by atoms with Crippen molar-refractivity contribution in [2.24, 2.45) is 7.05 Å². The predicted octanol–water partition coefficient (Wildman–Crippen LogP) is 1.21. The highest BCUT2D eigenvalue weighted by atomic mass is 32.2. The van der Waals surface area contributed by atoms with Crippen LogP contribution in [0.15, 0.2) is 51.1 Å². The predicted molar refractivity (Wildman–Crippen MR) is 121 cm³/mol. The van der Waals surface area contributed by atoms with E-state index >= 15 is 0 Å². The average molecular weight is 452 g/mol. The fraction of sp³-hybridized carbons (Fsp3) is 0.238. The van der Waals surface area contributed by atoms with Crippen molar-refractivity contribution in [3.8, 4) is 0 Å². The van der Waals surface area contributed by atoms with E-state index in [0.29, 0.717) is 10.9 Å². The largest absolute Gasteiger partial charge is 0.384 e. The summed E-state index contributed by atoms with van der Waals surface area (Å²) in [5.41, 5.74) is 7.11. The standard InChI is InChI=1S/C21H21N7O3S/c1-12-9-13(2)28-19(23-12)24-20(25-28)32-11-15(29)16-17(22)27(21(31)26(3)18(16)30)10-14-7-5-4-6-8-14/h4-9H,10-11,22H2,1-3H3. The Kier molecular flexibility index (Phi) is 5.66. The maximum absolute atomic E-state index is 13.0. The number of nitrogen functional groups attached to an aromatic ring is 1. The molecule has 0 radical (unpaired) electrons. The summed E-state index contributed by atoms with van der Waals surface area (Å²) >= 11 is 1.08. The quantitative estimate of drug-likeness (QED) is 0.342. The Morgan fingerprint density at radius 3 is 2.56 bits per heavy atom. The fourth-order valence-electron chi connectivity index (χ4n) is 3.38. The van der Waals surface area contributed by atoms with Crippen molar-refractivity contribution in [1.29, 1.82) is 0 Å². The number of nitrogens with two attached hydrogens (primary N) is 1. The van der Waals surface area contributed by atoms with Crippen molar-refractivity contribution >= 4 is 29.1 Å². The minimum absolute atomic E-state index is 0.113. The van der Waals surface area contributed by atoms with Crippen LogP contribution in [0.3, 0.4) is 0 Å². The number of hydrogen-bond acceptors (Lipinski definition) is 8. The number of fused-ring (bicyclic) bond motifs is 1. The van der Waals surface area contributed by atoms with E-state index < -0.39 is 17.0 Å². The number of benzene rings is 1. The Morgan fingerprint density at radius 1 is 1.12 bits per heavy atom. The normalized spacial score (nSPS) is 11.2. The van der Waals surface area contributed by atoms with Gasteiger partial charge in [-0.3, -0.25) is 18.7 Å². The molecule has 1 aromatic carbocycles. The monoisotopic (exact) mass is 451 g/mol. The molecular weight excluding hydrogens is 430 g/mol. The third-order valence-electron chi connectivity index (χ3n) is 4.98. The third kappa shape index (κ3) is 3.94. The first-order valence-corrected chi connectivity index (χ1v) is 10.7. The minimum Gasteiger partial charge on any atom is -0.384 e. The third-order valence-corrected chi connectivity index (χ3v) is 5.81. The molecule has 0 spiro atoms. The average Bonchev–Trinajstić information content (AvgIpc) is 3.18. The highest BCUT2D eigenvalue weighted by molar-refractivity contribution is 7.99. The number of hydrogen-bond donors (Lipinski definition) is 1. The van der Waals surface area contributed by atoms with Crippen molar-refractivity contribution in [3.05, 3.63) is 79.8 Å². The molecule has 0 atom stereocenters. The van der Waals surface area contributed by atoms with Gasteiger partial charge in [0.05, 0.1) is 12.3 Å². The molecule has 2 N–H and O–H groups in total. The first kappa shape index (κ1) is 21.5. The number of carbonyl (C=O) groups excluding carboxylic acids is 1. The first-order valence-electron chi connectivity index (χ1n) is 9.76. The van der Waals surface area contributed by atoms with Gasteiger partial charge in [0, 0.05) is 18.4 Å². The zero-order valence-corrected chi connectivity index (χ0v) is 18.6. The molecule has 0 saturated heterocycles. The van der Waals surface area contributed by atoms with Crippen LogP contribution in [0.25, 0.3) is 5.78 Å². The molecule has 164 valence electrons. The molecule has 0 bridgehead atoms. The lowest BCUT2D eigenvalue weighted by Crippen LogP contribution is -2.43. The Bertz CT molecular complexity index is 1450. The van der Waals surface area contributed by atoms with Crippen LogP contribution in [0, 0.1) is 13.8 Å². The lowest BCUT2D eigenvalue weighted by atomic mass is 10.2. The number of thioether (sulfide) groups is 1. The molecular formula is C21H21N7O3S. The highest BCUT2D eigenvalue weighted by Gasteiger charge is 2.22. The number of nitrogens with zero attached hydrogens (tertiary/aromatic N) is 6. The van der Waals surface area contributed by atoms with Gasteiger partial charge in [-0.25, -0.2) is 14.3 Å². The number of ketones is 1. The van der Waals surface area contributed by atoms with Crippen LogP contribution in [0.1, 0.15) is 27.3 Å². The van der Waals surface area contributed by atoms with E-state index in [4.69, 9.17) is 5.73 Å². The summed E-state index contributed by atoms with van der Waals surface area (Å²) in [5, 5.41) is 4.71. The molecule has 0 aliphatic carbocycles. The van der Waals surface area contributed by atoms with E-state index in [-0.39, 0.29) is 23.7 Å². The van der Waals surface area contributed by atoms with Gasteiger partial charge < -0.3 is 5.73 Å². The van der Waals surface area contributed by atoms with Crippen LogP contribution in [0.5, 0.6) is 0 Å². The summed E-state index contributed by atoms with van der Waals surface area (Å²) in [6.45, 7) is 3.89. The van der Waals surface area contributed by atoms with E-state index in [1.807, 2.05) is 50.2 Å². The molecule has 0 fully saturated rings. The van der Waals surface area contributed by atoms with Crippen molar-refractivity contribution in [1.82, 2.24) is 28.7 Å². The Balaban J connectivity index is 1.64. The Labute approximate surface area is 186 Å². The molecule has 4 aromatic rings. The molecule has 0 saturated carbocycles. The van der Waals surface area contributed by atoms with Crippen molar-refractivity contribution < 1.29 is 4.79 Å². The van der Waals surface area contributed by atoms with Crippen molar-refractivity contribution in [3.63, 3.8) is 0 Å². The first-order chi connectivity index (χ1) is 15.3. The van der Waals surface area contributed by atoms with Crippen molar-refractivity contribution in [2.45, 2.75) is 25.5 Å². The number of rotatable bonds is 6. The van der Waals surface area contributed by atoms with Crippen LogP contribution >= 0.6 is 11.8 Å². The molecule has 10 nitrogen and oxygen atoms in total. The van der Waals surface area contributed by atoms with Gasteiger partial charge in [0.15, 0.2) is 5.78 Å². The fourth-order valence-corrected chi connectivity index (χ4v) is 4.07. The van der Waals surface area contributed by atoms with E-state index in [9.17, 15) is 14.4 Å². The molecule has 0 aliphatic rings. The van der Waals surface area contributed by atoms with Gasteiger partial charge in [-0.05, 0) is 25.5 Å². The Morgan fingerprint density at radius 2 is 1.84 bits per heavy atom. The lowest BCUT2D eigenvalue weighted by Gasteiger charge is -2.14.